The van der Waals surface area contributed by atoms with Crippen LogP contribution in [-0.2, 0) is 15.6 Å². The number of rotatable bonds is 4. The molecule has 0 radical (unpaired) electrons. The van der Waals surface area contributed by atoms with Crippen LogP contribution in [0.25, 0.3) is 0 Å². The van der Waals surface area contributed by atoms with Crippen molar-refractivity contribution in [2.45, 2.75) is 24.3 Å². The van der Waals surface area contributed by atoms with E-state index in [-0.39, 0.29) is 4.90 Å². The molecule has 106 valence electrons. The first-order chi connectivity index (χ1) is 9.31. The Morgan fingerprint density at radius 1 is 1.00 bits per heavy atom. The molecular formula is C15H16ClNO2S. The van der Waals surface area contributed by atoms with Crippen LogP contribution in [0, 0.1) is 0 Å². The Morgan fingerprint density at radius 2 is 1.65 bits per heavy atom. The first-order valence-electron chi connectivity index (χ1n) is 6.16. The quantitative estimate of drug-likeness (QED) is 0.938. The van der Waals surface area contributed by atoms with Gasteiger partial charge in [-0.2, -0.15) is 0 Å². The fourth-order valence-corrected chi connectivity index (χ4v) is 3.54. The lowest BCUT2D eigenvalue weighted by molar-refractivity contribution is 0.472. The molecule has 5 heteroatoms. The summed E-state index contributed by atoms with van der Waals surface area (Å²) in [6.45, 7) is 3.61. The van der Waals surface area contributed by atoms with Gasteiger partial charge in [0.15, 0.2) is 0 Å². The van der Waals surface area contributed by atoms with Crippen molar-refractivity contribution >= 4 is 21.6 Å². The van der Waals surface area contributed by atoms with Crippen LogP contribution in [0.3, 0.4) is 0 Å². The molecule has 2 rings (SSSR count). The van der Waals surface area contributed by atoms with Crippen molar-refractivity contribution in [1.29, 1.82) is 0 Å². The van der Waals surface area contributed by atoms with Gasteiger partial charge in [0, 0.05) is 5.02 Å². The highest BCUT2D eigenvalue weighted by Crippen LogP contribution is 2.25. The van der Waals surface area contributed by atoms with Gasteiger partial charge in [0.1, 0.15) is 0 Å². The van der Waals surface area contributed by atoms with Crippen LogP contribution in [0.15, 0.2) is 59.5 Å². The maximum Gasteiger partial charge on any atom is 0.241 e. The summed E-state index contributed by atoms with van der Waals surface area (Å²) in [6.07, 6.45) is 0. The van der Waals surface area contributed by atoms with E-state index in [1.807, 2.05) is 6.07 Å². The van der Waals surface area contributed by atoms with Crippen molar-refractivity contribution in [2.24, 2.45) is 0 Å². The lowest BCUT2D eigenvalue weighted by Crippen LogP contribution is -2.40. The molecule has 0 amide bonds. The summed E-state index contributed by atoms with van der Waals surface area (Å²) in [5.41, 5.74) is 0.0593. The molecule has 20 heavy (non-hydrogen) atoms. The average molecular weight is 310 g/mol. The highest BCUT2D eigenvalue weighted by atomic mass is 35.5. The molecule has 0 unspecified atom stereocenters. The van der Waals surface area contributed by atoms with Crippen molar-refractivity contribution in [2.75, 3.05) is 0 Å². The summed E-state index contributed by atoms with van der Waals surface area (Å²) < 4.78 is 27.4. The van der Waals surface area contributed by atoms with Crippen LogP contribution < -0.4 is 4.72 Å². The molecule has 0 aliphatic rings. The zero-order chi connectivity index (χ0) is 14.8. The Kier molecular flexibility index (Phi) is 4.18. The summed E-state index contributed by atoms with van der Waals surface area (Å²) >= 11 is 5.96. The molecule has 1 N–H and O–H groups in total. The number of halogens is 1. The molecule has 0 saturated carbocycles. The summed E-state index contributed by atoms with van der Waals surface area (Å²) in [7, 11) is -3.57. The highest BCUT2D eigenvalue weighted by Gasteiger charge is 2.27. The van der Waals surface area contributed by atoms with Gasteiger partial charge in [-0.3, -0.25) is 0 Å². The Bertz CT molecular complexity index is 697. The molecule has 2 aromatic carbocycles. The van der Waals surface area contributed by atoms with E-state index in [1.165, 1.54) is 0 Å². The van der Waals surface area contributed by atoms with Gasteiger partial charge in [-0.1, -0.05) is 41.9 Å². The first-order valence-corrected chi connectivity index (χ1v) is 8.02. The SMILES string of the molecule is CC(C)(NS(=O)(=O)c1ccccc1)c1cccc(Cl)c1. The molecule has 2 aromatic rings. The monoisotopic (exact) mass is 309 g/mol. The fraction of sp³-hybridized carbons (Fsp3) is 0.200. The van der Waals surface area contributed by atoms with Gasteiger partial charge >= 0.3 is 0 Å². The molecule has 0 spiro atoms. The lowest BCUT2D eigenvalue weighted by atomic mass is 9.96. The molecule has 0 aromatic heterocycles. The minimum atomic E-state index is -3.57. The van der Waals surface area contributed by atoms with E-state index in [2.05, 4.69) is 4.72 Å². The zero-order valence-corrected chi connectivity index (χ0v) is 12.9. The fourth-order valence-electron chi connectivity index (χ4n) is 1.93. The van der Waals surface area contributed by atoms with E-state index in [4.69, 9.17) is 11.6 Å². The largest absolute Gasteiger partial charge is 0.241 e. The summed E-state index contributed by atoms with van der Waals surface area (Å²) in [5.74, 6) is 0. The second-order valence-electron chi connectivity index (χ2n) is 5.05. The molecular weight excluding hydrogens is 294 g/mol. The molecule has 0 heterocycles. The van der Waals surface area contributed by atoms with Crippen LogP contribution in [0.5, 0.6) is 0 Å². The Morgan fingerprint density at radius 3 is 2.25 bits per heavy atom. The van der Waals surface area contributed by atoms with E-state index in [0.29, 0.717) is 5.02 Å². The van der Waals surface area contributed by atoms with Crippen molar-refractivity contribution in [3.8, 4) is 0 Å². The van der Waals surface area contributed by atoms with Crippen LogP contribution >= 0.6 is 11.6 Å². The Hall–Kier alpha value is -1.36. The van der Waals surface area contributed by atoms with E-state index >= 15 is 0 Å². The van der Waals surface area contributed by atoms with Crippen LogP contribution in [-0.4, -0.2) is 8.42 Å². The van der Waals surface area contributed by atoms with Gasteiger partial charge in [0.05, 0.1) is 10.4 Å². The van der Waals surface area contributed by atoms with Crippen molar-refractivity contribution in [3.63, 3.8) is 0 Å². The summed E-state index contributed by atoms with van der Waals surface area (Å²) in [4.78, 5) is 0.245. The van der Waals surface area contributed by atoms with E-state index in [0.717, 1.165) is 5.56 Å². The number of nitrogens with one attached hydrogen (secondary N) is 1. The van der Waals surface area contributed by atoms with E-state index in [1.54, 1.807) is 62.4 Å². The number of sulfonamides is 1. The molecule has 0 saturated heterocycles. The van der Waals surface area contributed by atoms with Gasteiger partial charge in [-0.05, 0) is 43.7 Å². The molecule has 0 atom stereocenters. The van der Waals surface area contributed by atoms with Gasteiger partial charge < -0.3 is 0 Å². The van der Waals surface area contributed by atoms with Gasteiger partial charge in [-0.15, -0.1) is 0 Å². The van der Waals surface area contributed by atoms with Gasteiger partial charge in [0.2, 0.25) is 10.0 Å². The topological polar surface area (TPSA) is 46.2 Å². The average Bonchev–Trinajstić information content (AvgIpc) is 2.39. The van der Waals surface area contributed by atoms with Crippen molar-refractivity contribution < 1.29 is 8.42 Å². The van der Waals surface area contributed by atoms with Gasteiger partial charge in [0.25, 0.3) is 0 Å². The third-order valence-electron chi connectivity index (χ3n) is 2.99. The van der Waals surface area contributed by atoms with Crippen LogP contribution in [0.4, 0.5) is 0 Å². The van der Waals surface area contributed by atoms with Crippen LogP contribution in [0.1, 0.15) is 19.4 Å². The minimum absolute atomic E-state index is 0.245. The zero-order valence-electron chi connectivity index (χ0n) is 11.3. The predicted molar refractivity (Wildman–Crippen MR) is 81.2 cm³/mol. The second-order valence-corrected chi connectivity index (χ2v) is 7.17. The number of hydrogen-bond acceptors (Lipinski definition) is 2. The highest BCUT2D eigenvalue weighted by molar-refractivity contribution is 7.89. The molecule has 0 fully saturated rings. The normalized spacial score (nSPS) is 12.3. The van der Waals surface area contributed by atoms with Gasteiger partial charge in [-0.25, -0.2) is 13.1 Å². The molecule has 0 aliphatic heterocycles. The van der Waals surface area contributed by atoms with E-state index in [9.17, 15) is 8.42 Å². The van der Waals surface area contributed by atoms with Crippen LogP contribution in [0.2, 0.25) is 5.02 Å². The van der Waals surface area contributed by atoms with Crippen molar-refractivity contribution in [3.05, 3.63) is 65.2 Å². The first kappa shape index (κ1) is 15.0. The maximum absolute atomic E-state index is 12.4. The Labute approximate surface area is 124 Å². The smallest absolute Gasteiger partial charge is 0.207 e. The third kappa shape index (κ3) is 3.39. The van der Waals surface area contributed by atoms with E-state index < -0.39 is 15.6 Å². The second kappa shape index (κ2) is 5.56. The summed E-state index contributed by atoms with van der Waals surface area (Å²) in [5, 5.41) is 0.578. The van der Waals surface area contributed by atoms with Crippen molar-refractivity contribution in [1.82, 2.24) is 4.72 Å². The number of hydrogen-bond donors (Lipinski definition) is 1. The predicted octanol–water partition coefficient (Wildman–Crippen LogP) is 3.55. The standard InChI is InChI=1S/C15H16ClNO2S/c1-15(2,12-7-6-8-13(16)11-12)17-20(18,19)14-9-4-3-5-10-14/h3-11,17H,1-2H3. The number of benzene rings is 2. The lowest BCUT2D eigenvalue weighted by Gasteiger charge is -2.26. The molecule has 0 aliphatic carbocycles. The third-order valence-corrected chi connectivity index (χ3v) is 4.90. The minimum Gasteiger partial charge on any atom is -0.207 e. The molecule has 0 bridgehead atoms. The summed E-state index contributed by atoms with van der Waals surface area (Å²) in [6, 6.07) is 15.5. The maximum atomic E-state index is 12.4. The molecule has 3 nitrogen and oxygen atoms in total. The Balaban J connectivity index is 2.33.